The monoisotopic (exact) mass is 300 g/mol. The van der Waals surface area contributed by atoms with E-state index in [2.05, 4.69) is 26.6 Å². The summed E-state index contributed by atoms with van der Waals surface area (Å²) in [4.78, 5) is 11.6. The van der Waals surface area contributed by atoms with Crippen molar-refractivity contribution in [2.45, 2.75) is 26.8 Å². The number of rotatable bonds is 3. The summed E-state index contributed by atoms with van der Waals surface area (Å²) in [5.74, 6) is 0.635. The number of urea groups is 1. The largest absolute Gasteiger partial charge is 0.495 e. The van der Waals surface area contributed by atoms with Crippen LogP contribution in [0.2, 0.25) is 0 Å². The molecular weight excluding hydrogens is 284 g/mol. The number of nitrogens with one attached hydrogen (secondary N) is 2. The van der Waals surface area contributed by atoms with Crippen LogP contribution in [-0.4, -0.2) is 19.2 Å². The van der Waals surface area contributed by atoms with Crippen LogP contribution in [0.4, 0.5) is 10.5 Å². The Bertz CT molecular complexity index is 419. The van der Waals surface area contributed by atoms with Crippen LogP contribution < -0.4 is 15.4 Å². The van der Waals surface area contributed by atoms with E-state index in [1.807, 2.05) is 32.9 Å². The molecule has 4 nitrogen and oxygen atoms in total. The highest BCUT2D eigenvalue weighted by molar-refractivity contribution is 9.10. The van der Waals surface area contributed by atoms with Crippen LogP contribution in [0.25, 0.3) is 0 Å². The third-order valence-corrected chi connectivity index (χ3v) is 2.60. The molecule has 2 amide bonds. The fourth-order valence-electron chi connectivity index (χ4n) is 1.45. The molecule has 0 aromatic heterocycles. The van der Waals surface area contributed by atoms with Gasteiger partial charge in [-0.25, -0.2) is 4.79 Å². The zero-order valence-electron chi connectivity index (χ0n) is 10.4. The number of methoxy groups -OCH3 is 1. The van der Waals surface area contributed by atoms with E-state index >= 15 is 0 Å². The van der Waals surface area contributed by atoms with Crippen molar-refractivity contribution in [3.8, 4) is 5.75 Å². The quantitative estimate of drug-likeness (QED) is 0.900. The van der Waals surface area contributed by atoms with E-state index in [0.717, 1.165) is 10.0 Å². The van der Waals surface area contributed by atoms with Crippen molar-refractivity contribution in [2.24, 2.45) is 0 Å². The van der Waals surface area contributed by atoms with Gasteiger partial charge in [-0.2, -0.15) is 0 Å². The van der Waals surface area contributed by atoms with Crippen molar-refractivity contribution in [3.63, 3.8) is 0 Å². The molecule has 0 atom stereocenters. The maximum Gasteiger partial charge on any atom is 0.319 e. The van der Waals surface area contributed by atoms with Crippen LogP contribution >= 0.6 is 15.9 Å². The summed E-state index contributed by atoms with van der Waals surface area (Å²) >= 11 is 3.39. The minimum Gasteiger partial charge on any atom is -0.495 e. The van der Waals surface area contributed by atoms with Crippen molar-refractivity contribution < 1.29 is 9.53 Å². The summed E-state index contributed by atoms with van der Waals surface area (Å²) in [5, 5.41) is 5.56. The Morgan fingerprint density at radius 1 is 1.41 bits per heavy atom. The molecule has 0 spiro atoms. The van der Waals surface area contributed by atoms with Crippen LogP contribution in [0.1, 0.15) is 19.4 Å². The van der Waals surface area contributed by atoms with E-state index < -0.39 is 0 Å². The molecule has 0 aliphatic carbocycles. The Kier molecular flexibility index (Phi) is 4.81. The maximum atomic E-state index is 11.6. The number of hydrogen-bond donors (Lipinski definition) is 2. The molecule has 0 radical (unpaired) electrons. The molecule has 0 heterocycles. The molecule has 17 heavy (non-hydrogen) atoms. The smallest absolute Gasteiger partial charge is 0.319 e. The SMILES string of the molecule is COc1cc(Br)cc(C)c1NC(=O)NC(C)C. The first kappa shape index (κ1) is 13.8. The van der Waals surface area contributed by atoms with Gasteiger partial charge in [0.25, 0.3) is 0 Å². The number of carbonyl (C=O) groups is 1. The van der Waals surface area contributed by atoms with Gasteiger partial charge in [-0.05, 0) is 38.5 Å². The lowest BCUT2D eigenvalue weighted by molar-refractivity contribution is 0.250. The van der Waals surface area contributed by atoms with Gasteiger partial charge in [0.15, 0.2) is 0 Å². The van der Waals surface area contributed by atoms with Gasteiger partial charge in [-0.1, -0.05) is 15.9 Å². The fourth-order valence-corrected chi connectivity index (χ4v) is 2.00. The number of ether oxygens (including phenoxy) is 1. The summed E-state index contributed by atoms with van der Waals surface area (Å²) in [6.07, 6.45) is 0. The predicted octanol–water partition coefficient (Wildman–Crippen LogP) is 3.30. The lowest BCUT2D eigenvalue weighted by Gasteiger charge is -2.15. The van der Waals surface area contributed by atoms with Crippen LogP contribution in [-0.2, 0) is 0 Å². The number of anilines is 1. The standard InChI is InChI=1S/C12H17BrN2O2/c1-7(2)14-12(16)15-11-8(3)5-9(13)6-10(11)17-4/h5-7H,1-4H3,(H2,14,15,16). The Balaban J connectivity index is 2.93. The van der Waals surface area contributed by atoms with Gasteiger partial charge in [-0.15, -0.1) is 0 Å². The zero-order chi connectivity index (χ0) is 13.0. The van der Waals surface area contributed by atoms with Gasteiger partial charge < -0.3 is 15.4 Å². The molecule has 5 heteroatoms. The van der Waals surface area contributed by atoms with E-state index in [1.165, 1.54) is 0 Å². The van der Waals surface area contributed by atoms with Gasteiger partial charge in [0.05, 0.1) is 12.8 Å². The van der Waals surface area contributed by atoms with Crippen molar-refractivity contribution >= 4 is 27.6 Å². The zero-order valence-corrected chi connectivity index (χ0v) is 12.0. The summed E-state index contributed by atoms with van der Waals surface area (Å²) in [5.41, 5.74) is 1.63. The molecule has 0 aliphatic heterocycles. The van der Waals surface area contributed by atoms with Crippen molar-refractivity contribution in [1.82, 2.24) is 5.32 Å². The maximum absolute atomic E-state index is 11.6. The molecule has 1 aromatic carbocycles. The van der Waals surface area contributed by atoms with E-state index in [4.69, 9.17) is 4.74 Å². The molecule has 0 bridgehead atoms. The highest BCUT2D eigenvalue weighted by Crippen LogP contribution is 2.31. The van der Waals surface area contributed by atoms with E-state index in [1.54, 1.807) is 7.11 Å². The molecule has 2 N–H and O–H groups in total. The number of aryl methyl sites for hydroxylation is 1. The highest BCUT2D eigenvalue weighted by Gasteiger charge is 2.11. The van der Waals surface area contributed by atoms with E-state index in [-0.39, 0.29) is 12.1 Å². The number of hydrogen-bond acceptors (Lipinski definition) is 2. The van der Waals surface area contributed by atoms with Gasteiger partial charge in [0.2, 0.25) is 0 Å². The second-order valence-corrected chi connectivity index (χ2v) is 4.97. The lowest BCUT2D eigenvalue weighted by atomic mass is 10.2. The second kappa shape index (κ2) is 5.91. The third-order valence-electron chi connectivity index (χ3n) is 2.14. The molecule has 0 saturated heterocycles. The molecule has 1 rings (SSSR count). The fraction of sp³-hybridized carbons (Fsp3) is 0.417. The Morgan fingerprint density at radius 3 is 2.59 bits per heavy atom. The first-order chi connectivity index (χ1) is 7.93. The van der Waals surface area contributed by atoms with Crippen LogP contribution in [0.3, 0.4) is 0 Å². The average molecular weight is 301 g/mol. The number of carbonyl (C=O) groups excluding carboxylic acids is 1. The number of halogens is 1. The topological polar surface area (TPSA) is 50.4 Å². The average Bonchev–Trinajstić information content (AvgIpc) is 2.20. The van der Waals surface area contributed by atoms with Crippen molar-refractivity contribution in [3.05, 3.63) is 22.2 Å². The van der Waals surface area contributed by atoms with Crippen LogP contribution in [0.15, 0.2) is 16.6 Å². The first-order valence-electron chi connectivity index (χ1n) is 5.35. The molecule has 0 unspecified atom stereocenters. The summed E-state index contributed by atoms with van der Waals surface area (Å²) in [6, 6.07) is 3.60. The minimum absolute atomic E-state index is 0.0942. The summed E-state index contributed by atoms with van der Waals surface area (Å²) in [7, 11) is 1.58. The second-order valence-electron chi connectivity index (χ2n) is 4.05. The molecule has 1 aromatic rings. The molecular formula is C12H17BrN2O2. The Labute approximate surface area is 110 Å². The van der Waals surface area contributed by atoms with Crippen molar-refractivity contribution in [1.29, 1.82) is 0 Å². The Morgan fingerprint density at radius 2 is 2.06 bits per heavy atom. The first-order valence-corrected chi connectivity index (χ1v) is 6.15. The number of benzene rings is 1. The van der Waals surface area contributed by atoms with Crippen LogP contribution in [0.5, 0.6) is 5.75 Å². The normalized spacial score (nSPS) is 10.2. The summed E-state index contributed by atoms with van der Waals surface area (Å²) in [6.45, 7) is 5.73. The highest BCUT2D eigenvalue weighted by atomic mass is 79.9. The number of amides is 2. The van der Waals surface area contributed by atoms with Gasteiger partial charge in [0.1, 0.15) is 5.75 Å². The van der Waals surface area contributed by atoms with Gasteiger partial charge in [0, 0.05) is 10.5 Å². The molecule has 94 valence electrons. The van der Waals surface area contributed by atoms with Gasteiger partial charge >= 0.3 is 6.03 Å². The predicted molar refractivity (Wildman–Crippen MR) is 72.7 cm³/mol. The molecule has 0 aliphatic rings. The molecule has 0 fully saturated rings. The van der Waals surface area contributed by atoms with Crippen LogP contribution in [0, 0.1) is 6.92 Å². The Hall–Kier alpha value is -1.23. The summed E-state index contributed by atoms with van der Waals surface area (Å²) < 4.78 is 6.16. The van der Waals surface area contributed by atoms with E-state index in [9.17, 15) is 4.79 Å². The lowest BCUT2D eigenvalue weighted by Crippen LogP contribution is -2.34. The van der Waals surface area contributed by atoms with Gasteiger partial charge in [-0.3, -0.25) is 0 Å². The molecule has 0 saturated carbocycles. The van der Waals surface area contributed by atoms with Crippen molar-refractivity contribution in [2.75, 3.05) is 12.4 Å². The third kappa shape index (κ3) is 3.93. The minimum atomic E-state index is -0.233. The van der Waals surface area contributed by atoms with E-state index in [0.29, 0.717) is 11.4 Å².